The fourth-order valence-electron chi connectivity index (χ4n) is 1.81. The van der Waals surface area contributed by atoms with Crippen LogP contribution >= 0.6 is 15.9 Å². The highest BCUT2D eigenvalue weighted by molar-refractivity contribution is 9.10. The van der Waals surface area contributed by atoms with Gasteiger partial charge in [0.2, 0.25) is 0 Å². The van der Waals surface area contributed by atoms with Crippen LogP contribution in [0, 0.1) is 0 Å². The van der Waals surface area contributed by atoms with Crippen LogP contribution in [0.2, 0.25) is 0 Å². The molecular weight excluding hydrogens is 296 g/mol. The Labute approximate surface area is 113 Å². The molecular formula is C13H11BrN2O2. The van der Waals surface area contributed by atoms with Crippen LogP contribution in [-0.2, 0) is 4.79 Å². The van der Waals surface area contributed by atoms with Crippen molar-refractivity contribution in [3.63, 3.8) is 0 Å². The maximum Gasteiger partial charge on any atom is 0.304 e. The second-order valence-electron chi connectivity index (χ2n) is 3.82. The maximum atomic E-state index is 11.0. The van der Waals surface area contributed by atoms with Crippen LogP contribution in [0.25, 0.3) is 0 Å². The van der Waals surface area contributed by atoms with Gasteiger partial charge in [0.25, 0.3) is 0 Å². The summed E-state index contributed by atoms with van der Waals surface area (Å²) in [5.41, 5.74) is 1.56. The van der Waals surface area contributed by atoms with Gasteiger partial charge in [-0.1, -0.05) is 34.1 Å². The van der Waals surface area contributed by atoms with E-state index in [9.17, 15) is 4.79 Å². The molecule has 4 nitrogen and oxygen atoms in total. The molecule has 1 unspecified atom stereocenters. The Hall–Kier alpha value is -1.75. The van der Waals surface area contributed by atoms with Crippen molar-refractivity contribution in [2.75, 3.05) is 0 Å². The largest absolute Gasteiger partial charge is 0.481 e. The highest BCUT2D eigenvalue weighted by atomic mass is 79.9. The van der Waals surface area contributed by atoms with Gasteiger partial charge in [-0.25, -0.2) is 0 Å². The Bertz CT molecular complexity index is 546. The van der Waals surface area contributed by atoms with Gasteiger partial charge in [-0.3, -0.25) is 4.79 Å². The second-order valence-corrected chi connectivity index (χ2v) is 4.67. The first kappa shape index (κ1) is 12.7. The molecule has 1 aromatic carbocycles. The summed E-state index contributed by atoms with van der Waals surface area (Å²) in [6.45, 7) is 0. The fourth-order valence-corrected chi connectivity index (χ4v) is 2.37. The summed E-state index contributed by atoms with van der Waals surface area (Å²) in [5.74, 6) is -1.16. The average molecular weight is 307 g/mol. The lowest BCUT2D eigenvalue weighted by Gasteiger charge is -2.15. The number of halogens is 1. The van der Waals surface area contributed by atoms with E-state index in [-0.39, 0.29) is 12.3 Å². The van der Waals surface area contributed by atoms with Gasteiger partial charge in [-0.05, 0) is 23.8 Å². The van der Waals surface area contributed by atoms with Gasteiger partial charge >= 0.3 is 5.97 Å². The molecule has 0 fully saturated rings. The maximum absolute atomic E-state index is 11.0. The van der Waals surface area contributed by atoms with E-state index in [2.05, 4.69) is 26.1 Å². The summed E-state index contributed by atoms with van der Waals surface area (Å²) in [5, 5.41) is 16.9. The first-order chi connectivity index (χ1) is 8.68. The van der Waals surface area contributed by atoms with Crippen molar-refractivity contribution < 1.29 is 9.90 Å². The van der Waals surface area contributed by atoms with E-state index in [1.54, 1.807) is 18.3 Å². The number of aliphatic carboxylic acids is 1. The summed E-state index contributed by atoms with van der Waals surface area (Å²) >= 11 is 3.44. The van der Waals surface area contributed by atoms with Crippen LogP contribution < -0.4 is 0 Å². The third kappa shape index (κ3) is 2.92. The smallest absolute Gasteiger partial charge is 0.304 e. The predicted octanol–water partition coefficient (Wildman–Crippen LogP) is 2.85. The molecule has 1 heterocycles. The number of benzene rings is 1. The Kier molecular flexibility index (Phi) is 4.04. The van der Waals surface area contributed by atoms with E-state index < -0.39 is 5.97 Å². The number of carboxylic acids is 1. The summed E-state index contributed by atoms with van der Waals surface area (Å²) in [6, 6.07) is 11.1. The predicted molar refractivity (Wildman–Crippen MR) is 70.3 cm³/mol. The summed E-state index contributed by atoms with van der Waals surface area (Å²) < 4.78 is 0.877. The van der Waals surface area contributed by atoms with E-state index in [4.69, 9.17) is 5.11 Å². The van der Waals surface area contributed by atoms with Gasteiger partial charge in [-0.2, -0.15) is 10.2 Å². The monoisotopic (exact) mass is 306 g/mol. The first-order valence-electron chi connectivity index (χ1n) is 5.42. The van der Waals surface area contributed by atoms with Gasteiger partial charge in [0.05, 0.1) is 12.1 Å². The molecule has 2 rings (SSSR count). The minimum Gasteiger partial charge on any atom is -0.481 e. The summed E-state index contributed by atoms with van der Waals surface area (Å²) in [6.07, 6.45) is 1.56. The van der Waals surface area contributed by atoms with Crippen molar-refractivity contribution in [2.45, 2.75) is 12.3 Å². The molecule has 0 saturated carbocycles. The molecule has 0 saturated heterocycles. The third-order valence-corrected chi connectivity index (χ3v) is 3.33. The zero-order chi connectivity index (χ0) is 13.0. The number of aromatic nitrogens is 2. The number of nitrogens with zero attached hydrogens (tertiary/aromatic N) is 2. The van der Waals surface area contributed by atoms with E-state index in [0.717, 1.165) is 10.0 Å². The fraction of sp³-hybridized carbons (Fsp3) is 0.154. The van der Waals surface area contributed by atoms with Crippen LogP contribution in [0.1, 0.15) is 23.6 Å². The molecule has 0 aliphatic heterocycles. The van der Waals surface area contributed by atoms with Gasteiger partial charge in [-0.15, -0.1) is 0 Å². The summed E-state index contributed by atoms with van der Waals surface area (Å²) in [7, 11) is 0. The molecule has 2 aromatic rings. The molecule has 0 aliphatic carbocycles. The van der Waals surface area contributed by atoms with Crippen molar-refractivity contribution >= 4 is 21.9 Å². The normalized spacial score (nSPS) is 12.1. The summed E-state index contributed by atoms with van der Waals surface area (Å²) in [4.78, 5) is 11.0. The molecule has 1 aromatic heterocycles. The molecule has 0 radical (unpaired) electrons. The Morgan fingerprint density at radius 1 is 1.28 bits per heavy atom. The van der Waals surface area contributed by atoms with Crippen molar-refractivity contribution in [1.82, 2.24) is 10.2 Å². The van der Waals surface area contributed by atoms with Crippen LogP contribution in [-0.4, -0.2) is 21.3 Å². The molecule has 0 amide bonds. The van der Waals surface area contributed by atoms with Gasteiger partial charge in [0, 0.05) is 16.6 Å². The average Bonchev–Trinajstić information content (AvgIpc) is 2.38. The van der Waals surface area contributed by atoms with Crippen molar-refractivity contribution in [3.8, 4) is 0 Å². The van der Waals surface area contributed by atoms with E-state index >= 15 is 0 Å². The van der Waals surface area contributed by atoms with Gasteiger partial charge < -0.3 is 5.11 Å². The highest BCUT2D eigenvalue weighted by Crippen LogP contribution is 2.31. The lowest BCUT2D eigenvalue weighted by molar-refractivity contribution is -0.137. The van der Waals surface area contributed by atoms with Crippen LogP contribution in [0.3, 0.4) is 0 Å². The Morgan fingerprint density at radius 2 is 2.06 bits per heavy atom. The zero-order valence-corrected chi connectivity index (χ0v) is 11.0. The highest BCUT2D eigenvalue weighted by Gasteiger charge is 2.21. The lowest BCUT2D eigenvalue weighted by Crippen LogP contribution is -2.10. The second kappa shape index (κ2) is 5.73. The van der Waals surface area contributed by atoms with Crippen LogP contribution in [0.4, 0.5) is 0 Å². The molecule has 5 heteroatoms. The molecule has 0 aliphatic rings. The third-order valence-electron chi connectivity index (χ3n) is 2.61. The lowest BCUT2D eigenvalue weighted by atomic mass is 9.92. The topological polar surface area (TPSA) is 63.1 Å². The Balaban J connectivity index is 2.44. The molecule has 1 atom stereocenters. The zero-order valence-electron chi connectivity index (χ0n) is 9.45. The number of hydrogen-bond donors (Lipinski definition) is 1. The first-order valence-corrected chi connectivity index (χ1v) is 6.21. The molecule has 0 spiro atoms. The van der Waals surface area contributed by atoms with E-state index in [1.165, 1.54) is 0 Å². The number of rotatable bonds is 4. The number of hydrogen-bond acceptors (Lipinski definition) is 3. The number of carboxylic acid groups (broad SMARTS) is 1. The standard InChI is InChI=1S/C13H11BrN2O2/c14-11-5-2-1-4-9(11)10(8-13(17)18)12-6-3-7-15-16-12/h1-7,10H,8H2,(H,17,18). The quantitative estimate of drug-likeness (QED) is 0.943. The molecule has 18 heavy (non-hydrogen) atoms. The minimum atomic E-state index is -0.860. The van der Waals surface area contributed by atoms with Crippen molar-refractivity contribution in [3.05, 3.63) is 58.3 Å². The molecule has 0 bridgehead atoms. The van der Waals surface area contributed by atoms with Crippen molar-refractivity contribution in [1.29, 1.82) is 0 Å². The Morgan fingerprint density at radius 3 is 2.67 bits per heavy atom. The van der Waals surface area contributed by atoms with Crippen LogP contribution in [0.5, 0.6) is 0 Å². The van der Waals surface area contributed by atoms with Crippen molar-refractivity contribution in [2.24, 2.45) is 0 Å². The van der Waals surface area contributed by atoms with E-state index in [1.807, 2.05) is 24.3 Å². The minimum absolute atomic E-state index is 0.0126. The number of carbonyl (C=O) groups is 1. The van der Waals surface area contributed by atoms with Crippen LogP contribution in [0.15, 0.2) is 47.1 Å². The molecule has 1 N–H and O–H groups in total. The molecule has 92 valence electrons. The van der Waals surface area contributed by atoms with Gasteiger partial charge in [0.15, 0.2) is 0 Å². The van der Waals surface area contributed by atoms with Gasteiger partial charge in [0.1, 0.15) is 0 Å². The van der Waals surface area contributed by atoms with E-state index in [0.29, 0.717) is 5.69 Å². The SMILES string of the molecule is O=C(O)CC(c1cccnn1)c1ccccc1Br.